The number of nitrogens with zero attached hydrogens (tertiary/aromatic N) is 4. The van der Waals surface area contributed by atoms with E-state index in [1.54, 1.807) is 6.20 Å². The number of halogens is 1. The first-order valence-corrected chi connectivity index (χ1v) is 9.09. The fourth-order valence-electron chi connectivity index (χ4n) is 3.03. The van der Waals surface area contributed by atoms with E-state index < -0.39 is 6.23 Å². The number of hydrogen-bond acceptors (Lipinski definition) is 7. The SMILES string of the molecule is OC(c1nc(NCc2cncc(F)c2)nc2ccsc12)N1CCCC1. The van der Waals surface area contributed by atoms with Gasteiger partial charge >= 0.3 is 0 Å². The molecule has 8 heteroatoms. The molecule has 1 unspecified atom stereocenters. The molecule has 1 aliphatic heterocycles. The molecule has 0 saturated carbocycles. The minimum Gasteiger partial charge on any atom is -0.372 e. The molecule has 4 rings (SSSR count). The van der Waals surface area contributed by atoms with Crippen LogP contribution in [-0.4, -0.2) is 38.0 Å². The van der Waals surface area contributed by atoms with Gasteiger partial charge in [0.2, 0.25) is 5.95 Å². The molecule has 0 aromatic carbocycles. The summed E-state index contributed by atoms with van der Waals surface area (Å²) in [6.07, 6.45) is 4.21. The predicted octanol–water partition coefficient (Wildman–Crippen LogP) is 2.92. The third-order valence-corrected chi connectivity index (χ3v) is 5.20. The molecule has 0 aliphatic carbocycles. The Balaban J connectivity index is 1.61. The van der Waals surface area contributed by atoms with E-state index in [1.165, 1.54) is 23.6 Å². The van der Waals surface area contributed by atoms with Crippen molar-refractivity contribution in [2.75, 3.05) is 18.4 Å². The summed E-state index contributed by atoms with van der Waals surface area (Å²) in [6.45, 7) is 2.10. The molecule has 4 heterocycles. The molecule has 0 spiro atoms. The highest BCUT2D eigenvalue weighted by Crippen LogP contribution is 2.31. The highest BCUT2D eigenvalue weighted by atomic mass is 32.1. The van der Waals surface area contributed by atoms with Gasteiger partial charge in [0, 0.05) is 25.8 Å². The van der Waals surface area contributed by atoms with E-state index in [2.05, 4.69) is 20.3 Å². The topological polar surface area (TPSA) is 74.2 Å². The lowest BCUT2D eigenvalue weighted by Gasteiger charge is -2.22. The number of fused-ring (bicyclic) bond motifs is 1. The van der Waals surface area contributed by atoms with Crippen molar-refractivity contribution in [2.45, 2.75) is 25.6 Å². The maximum absolute atomic E-state index is 13.2. The molecule has 1 atom stereocenters. The Bertz CT molecular complexity index is 880. The quantitative estimate of drug-likeness (QED) is 0.730. The average molecular weight is 359 g/mol. The van der Waals surface area contributed by atoms with Gasteiger partial charge in [0.25, 0.3) is 0 Å². The van der Waals surface area contributed by atoms with Gasteiger partial charge in [0.1, 0.15) is 11.5 Å². The number of rotatable bonds is 5. The molecular weight excluding hydrogens is 341 g/mol. The molecule has 0 bridgehead atoms. The third-order valence-electron chi connectivity index (χ3n) is 4.27. The van der Waals surface area contributed by atoms with E-state index in [-0.39, 0.29) is 5.82 Å². The number of pyridine rings is 1. The van der Waals surface area contributed by atoms with Gasteiger partial charge in [0.15, 0.2) is 6.23 Å². The Morgan fingerprint density at radius 2 is 2.12 bits per heavy atom. The van der Waals surface area contributed by atoms with Gasteiger partial charge < -0.3 is 10.4 Å². The number of hydrogen-bond donors (Lipinski definition) is 2. The lowest BCUT2D eigenvalue weighted by molar-refractivity contribution is 0.0170. The molecule has 1 saturated heterocycles. The first-order chi connectivity index (χ1) is 12.2. The van der Waals surface area contributed by atoms with Crippen molar-refractivity contribution in [1.82, 2.24) is 19.9 Å². The molecule has 130 valence electrons. The molecule has 2 N–H and O–H groups in total. The fourth-order valence-corrected chi connectivity index (χ4v) is 3.87. The van der Waals surface area contributed by atoms with Gasteiger partial charge in [-0.2, -0.15) is 0 Å². The number of aliphatic hydroxyl groups excluding tert-OH is 1. The molecule has 25 heavy (non-hydrogen) atoms. The second kappa shape index (κ2) is 6.99. The Labute approximate surface area is 148 Å². The normalized spacial score (nSPS) is 16.4. The molecule has 0 amide bonds. The monoisotopic (exact) mass is 359 g/mol. The second-order valence-corrected chi connectivity index (χ2v) is 6.97. The first kappa shape index (κ1) is 16.3. The van der Waals surface area contributed by atoms with Crippen molar-refractivity contribution in [3.05, 3.63) is 47.0 Å². The number of thiophene rings is 1. The lowest BCUT2D eigenvalue weighted by atomic mass is 10.3. The Morgan fingerprint density at radius 1 is 1.28 bits per heavy atom. The molecule has 0 radical (unpaired) electrons. The number of likely N-dealkylation sites (tertiary alicyclic amines) is 1. The standard InChI is InChI=1S/C17H18FN5OS/c18-12-7-11(8-19-10-12)9-20-17-21-13-3-6-25-15(13)14(22-17)16(24)23-4-1-2-5-23/h3,6-8,10,16,24H,1-2,4-5,9H2,(H,20,21,22). The van der Waals surface area contributed by atoms with E-state index in [1.807, 2.05) is 16.3 Å². The van der Waals surface area contributed by atoms with Gasteiger partial charge in [-0.1, -0.05) is 0 Å². The smallest absolute Gasteiger partial charge is 0.223 e. The Hall–Kier alpha value is -2.16. The zero-order valence-electron chi connectivity index (χ0n) is 13.5. The summed E-state index contributed by atoms with van der Waals surface area (Å²) in [7, 11) is 0. The summed E-state index contributed by atoms with van der Waals surface area (Å²) in [4.78, 5) is 14.9. The van der Waals surface area contributed by atoms with Crippen LogP contribution < -0.4 is 5.32 Å². The zero-order chi connectivity index (χ0) is 17.2. The zero-order valence-corrected chi connectivity index (χ0v) is 14.3. The van der Waals surface area contributed by atoms with Gasteiger partial charge in [-0.15, -0.1) is 11.3 Å². The van der Waals surface area contributed by atoms with Crippen LogP contribution in [-0.2, 0) is 6.54 Å². The van der Waals surface area contributed by atoms with Crippen molar-refractivity contribution in [3.8, 4) is 0 Å². The number of anilines is 1. The fraction of sp³-hybridized carbons (Fsp3) is 0.353. The summed E-state index contributed by atoms with van der Waals surface area (Å²) in [6, 6.07) is 3.33. The number of aliphatic hydroxyl groups is 1. The first-order valence-electron chi connectivity index (χ1n) is 8.21. The van der Waals surface area contributed by atoms with E-state index in [0.717, 1.165) is 36.1 Å². The van der Waals surface area contributed by atoms with Crippen LogP contribution in [0, 0.1) is 5.82 Å². The number of aromatic nitrogens is 3. The maximum atomic E-state index is 13.2. The van der Waals surface area contributed by atoms with Crippen LogP contribution in [0.1, 0.15) is 30.3 Å². The van der Waals surface area contributed by atoms with Crippen LogP contribution in [0.15, 0.2) is 29.9 Å². The summed E-state index contributed by atoms with van der Waals surface area (Å²) >= 11 is 1.53. The summed E-state index contributed by atoms with van der Waals surface area (Å²) < 4.78 is 14.1. The highest BCUT2D eigenvalue weighted by Gasteiger charge is 2.25. The minimum absolute atomic E-state index is 0.361. The summed E-state index contributed by atoms with van der Waals surface area (Å²) in [5.41, 5.74) is 2.13. The molecule has 1 fully saturated rings. The van der Waals surface area contributed by atoms with Crippen molar-refractivity contribution < 1.29 is 9.50 Å². The molecular formula is C17H18FN5OS. The average Bonchev–Trinajstić information content (AvgIpc) is 3.30. The maximum Gasteiger partial charge on any atom is 0.223 e. The van der Waals surface area contributed by atoms with E-state index in [9.17, 15) is 9.50 Å². The van der Waals surface area contributed by atoms with Crippen LogP contribution in [0.5, 0.6) is 0 Å². The van der Waals surface area contributed by atoms with Crippen molar-refractivity contribution in [1.29, 1.82) is 0 Å². The summed E-state index contributed by atoms with van der Waals surface area (Å²) in [5, 5.41) is 15.8. The highest BCUT2D eigenvalue weighted by molar-refractivity contribution is 7.17. The lowest BCUT2D eigenvalue weighted by Crippen LogP contribution is -2.26. The van der Waals surface area contributed by atoms with Gasteiger partial charge in [-0.05, 0) is 35.9 Å². The minimum atomic E-state index is -0.733. The van der Waals surface area contributed by atoms with Gasteiger partial charge in [-0.3, -0.25) is 9.88 Å². The van der Waals surface area contributed by atoms with Crippen LogP contribution in [0.4, 0.5) is 10.3 Å². The van der Waals surface area contributed by atoms with Crippen molar-refractivity contribution in [2.24, 2.45) is 0 Å². The van der Waals surface area contributed by atoms with Crippen molar-refractivity contribution in [3.63, 3.8) is 0 Å². The predicted molar refractivity (Wildman–Crippen MR) is 94.7 cm³/mol. The molecule has 1 aliphatic rings. The molecule has 3 aromatic rings. The van der Waals surface area contributed by atoms with Crippen LogP contribution in [0.2, 0.25) is 0 Å². The summed E-state index contributed by atoms with van der Waals surface area (Å²) in [5.74, 6) is 0.0436. The molecule has 3 aromatic heterocycles. The Kier molecular flexibility index (Phi) is 4.56. The van der Waals surface area contributed by atoms with E-state index >= 15 is 0 Å². The van der Waals surface area contributed by atoms with Crippen LogP contribution >= 0.6 is 11.3 Å². The van der Waals surface area contributed by atoms with Gasteiger partial charge in [-0.25, -0.2) is 14.4 Å². The van der Waals surface area contributed by atoms with Crippen molar-refractivity contribution >= 4 is 27.5 Å². The van der Waals surface area contributed by atoms with Crippen LogP contribution in [0.25, 0.3) is 10.2 Å². The molecule has 6 nitrogen and oxygen atoms in total. The Morgan fingerprint density at radius 3 is 2.92 bits per heavy atom. The van der Waals surface area contributed by atoms with Gasteiger partial charge in [0.05, 0.1) is 16.4 Å². The third kappa shape index (κ3) is 3.46. The second-order valence-electron chi connectivity index (χ2n) is 6.05. The van der Waals surface area contributed by atoms with E-state index in [4.69, 9.17) is 0 Å². The number of nitrogens with one attached hydrogen (secondary N) is 1. The van der Waals surface area contributed by atoms with Crippen LogP contribution in [0.3, 0.4) is 0 Å². The largest absolute Gasteiger partial charge is 0.372 e. The van der Waals surface area contributed by atoms with E-state index in [0.29, 0.717) is 23.8 Å².